The Hall–Kier alpha value is -0.840. The number of nitrogens with one attached hydrogen (secondary N) is 2. The summed E-state index contributed by atoms with van der Waals surface area (Å²) in [6.45, 7) is 3.88. The summed E-state index contributed by atoms with van der Waals surface area (Å²) in [6.07, 6.45) is -0.518. The maximum absolute atomic E-state index is 11.9. The standard InChI is InChI=1S/C14H19Cl3N2O2/c1-9(2)8-12(20)19-13(14(15,16)17)18-10-6-4-5-7-11(10)21-3/h4-7,9,13,18H,8H2,1-3H3,(H,19,20). The fourth-order valence-electron chi connectivity index (χ4n) is 1.71. The van der Waals surface area contributed by atoms with Crippen molar-refractivity contribution >= 4 is 46.4 Å². The van der Waals surface area contributed by atoms with Crippen LogP contribution < -0.4 is 15.4 Å². The predicted octanol–water partition coefficient (Wildman–Crippen LogP) is 3.97. The number of benzene rings is 1. The Labute approximate surface area is 140 Å². The van der Waals surface area contributed by atoms with Crippen LogP contribution in [0.4, 0.5) is 5.69 Å². The van der Waals surface area contributed by atoms with Crippen LogP contribution in [-0.2, 0) is 4.79 Å². The number of halogens is 3. The van der Waals surface area contributed by atoms with Crippen LogP contribution in [0.2, 0.25) is 0 Å². The lowest BCUT2D eigenvalue weighted by atomic mass is 10.1. The van der Waals surface area contributed by atoms with Gasteiger partial charge in [0, 0.05) is 6.42 Å². The second-order valence-corrected chi connectivity index (χ2v) is 7.35. The van der Waals surface area contributed by atoms with E-state index in [4.69, 9.17) is 39.5 Å². The van der Waals surface area contributed by atoms with Gasteiger partial charge in [-0.1, -0.05) is 60.8 Å². The minimum Gasteiger partial charge on any atom is -0.495 e. The number of rotatable bonds is 6. The molecule has 1 aromatic rings. The summed E-state index contributed by atoms with van der Waals surface area (Å²) in [4.78, 5) is 11.9. The first-order valence-electron chi connectivity index (χ1n) is 6.49. The maximum Gasteiger partial charge on any atom is 0.228 e. The highest BCUT2D eigenvalue weighted by atomic mass is 35.6. The molecule has 0 radical (unpaired) electrons. The molecule has 0 aliphatic rings. The van der Waals surface area contributed by atoms with Gasteiger partial charge in [0.25, 0.3) is 0 Å². The van der Waals surface area contributed by atoms with E-state index in [0.29, 0.717) is 17.9 Å². The molecule has 0 spiro atoms. The van der Waals surface area contributed by atoms with Gasteiger partial charge in [-0.25, -0.2) is 0 Å². The van der Waals surface area contributed by atoms with Crippen LogP contribution in [0.15, 0.2) is 24.3 Å². The van der Waals surface area contributed by atoms with Crippen molar-refractivity contribution in [1.82, 2.24) is 5.32 Å². The Morgan fingerprint density at radius 1 is 1.29 bits per heavy atom. The van der Waals surface area contributed by atoms with Crippen molar-refractivity contribution in [3.8, 4) is 5.75 Å². The van der Waals surface area contributed by atoms with Gasteiger partial charge >= 0.3 is 0 Å². The van der Waals surface area contributed by atoms with Gasteiger partial charge in [0.05, 0.1) is 12.8 Å². The molecule has 7 heteroatoms. The van der Waals surface area contributed by atoms with E-state index in [2.05, 4.69) is 10.6 Å². The van der Waals surface area contributed by atoms with Crippen molar-refractivity contribution in [3.05, 3.63) is 24.3 Å². The molecular weight excluding hydrogens is 335 g/mol. The van der Waals surface area contributed by atoms with Crippen molar-refractivity contribution in [2.24, 2.45) is 5.92 Å². The predicted molar refractivity (Wildman–Crippen MR) is 88.3 cm³/mol. The van der Waals surface area contributed by atoms with Crippen LogP contribution in [0.1, 0.15) is 20.3 Å². The minimum atomic E-state index is -1.70. The molecule has 0 bridgehead atoms. The van der Waals surface area contributed by atoms with Gasteiger partial charge in [-0.05, 0) is 18.1 Å². The van der Waals surface area contributed by atoms with E-state index >= 15 is 0 Å². The first-order chi connectivity index (χ1) is 9.74. The summed E-state index contributed by atoms with van der Waals surface area (Å²) in [5, 5.41) is 5.68. The molecule has 0 saturated heterocycles. The highest BCUT2D eigenvalue weighted by molar-refractivity contribution is 6.68. The molecule has 0 aliphatic heterocycles. The normalized spacial score (nSPS) is 12.9. The van der Waals surface area contributed by atoms with Gasteiger partial charge in [0.1, 0.15) is 11.9 Å². The molecule has 0 aliphatic carbocycles. The first kappa shape index (κ1) is 18.2. The molecule has 118 valence electrons. The number of carbonyl (C=O) groups excluding carboxylic acids is 1. The lowest BCUT2D eigenvalue weighted by Gasteiger charge is -2.28. The summed E-state index contributed by atoms with van der Waals surface area (Å²) in [6, 6.07) is 7.19. The zero-order chi connectivity index (χ0) is 16.0. The molecule has 0 saturated carbocycles. The number of hydrogen-bond donors (Lipinski definition) is 2. The third-order valence-corrected chi connectivity index (χ3v) is 3.29. The van der Waals surface area contributed by atoms with Gasteiger partial charge in [-0.2, -0.15) is 0 Å². The third-order valence-electron chi connectivity index (χ3n) is 2.63. The molecule has 1 rings (SSSR count). The van der Waals surface area contributed by atoms with Gasteiger partial charge in [0.2, 0.25) is 9.70 Å². The zero-order valence-electron chi connectivity index (χ0n) is 12.1. The van der Waals surface area contributed by atoms with E-state index in [1.54, 1.807) is 19.2 Å². The first-order valence-corrected chi connectivity index (χ1v) is 7.63. The van der Waals surface area contributed by atoms with E-state index in [-0.39, 0.29) is 11.8 Å². The van der Waals surface area contributed by atoms with Crippen molar-refractivity contribution < 1.29 is 9.53 Å². The third kappa shape index (κ3) is 6.20. The lowest BCUT2D eigenvalue weighted by molar-refractivity contribution is -0.122. The number of alkyl halides is 3. The molecule has 1 amide bonds. The van der Waals surface area contributed by atoms with Gasteiger partial charge < -0.3 is 15.4 Å². The molecule has 0 heterocycles. The van der Waals surface area contributed by atoms with Gasteiger partial charge in [0.15, 0.2) is 0 Å². The number of anilines is 1. The Balaban J connectivity index is 2.87. The number of amides is 1. The second-order valence-electron chi connectivity index (χ2n) is 4.98. The Morgan fingerprint density at radius 3 is 2.43 bits per heavy atom. The Bertz CT molecular complexity index is 476. The number of ether oxygens (including phenoxy) is 1. The summed E-state index contributed by atoms with van der Waals surface area (Å²) < 4.78 is 3.52. The SMILES string of the molecule is COc1ccccc1NC(NC(=O)CC(C)C)C(Cl)(Cl)Cl. The largest absolute Gasteiger partial charge is 0.495 e. The average molecular weight is 354 g/mol. The molecule has 4 nitrogen and oxygen atoms in total. The van der Waals surface area contributed by atoms with E-state index in [0.717, 1.165) is 0 Å². The summed E-state index contributed by atoms with van der Waals surface area (Å²) >= 11 is 17.8. The maximum atomic E-state index is 11.9. The van der Waals surface area contributed by atoms with Crippen LogP contribution in [-0.4, -0.2) is 23.0 Å². The van der Waals surface area contributed by atoms with Crippen molar-refractivity contribution in [2.75, 3.05) is 12.4 Å². The number of carbonyl (C=O) groups is 1. The van der Waals surface area contributed by atoms with E-state index < -0.39 is 9.96 Å². The Morgan fingerprint density at radius 2 is 1.90 bits per heavy atom. The smallest absolute Gasteiger partial charge is 0.228 e. The molecule has 21 heavy (non-hydrogen) atoms. The van der Waals surface area contributed by atoms with Gasteiger partial charge in [-0.3, -0.25) is 4.79 Å². The lowest BCUT2D eigenvalue weighted by Crippen LogP contribution is -2.49. The average Bonchev–Trinajstić information content (AvgIpc) is 2.36. The van der Waals surface area contributed by atoms with Gasteiger partial charge in [-0.15, -0.1) is 0 Å². The molecular formula is C14H19Cl3N2O2. The molecule has 2 N–H and O–H groups in total. The van der Waals surface area contributed by atoms with Crippen molar-refractivity contribution in [2.45, 2.75) is 30.2 Å². The molecule has 1 atom stereocenters. The number of hydrogen-bond acceptors (Lipinski definition) is 3. The van der Waals surface area contributed by atoms with Crippen molar-refractivity contribution in [3.63, 3.8) is 0 Å². The van der Waals surface area contributed by atoms with Crippen LogP contribution in [0, 0.1) is 5.92 Å². The Kier molecular flexibility index (Phi) is 6.91. The molecule has 0 fully saturated rings. The highest BCUT2D eigenvalue weighted by Gasteiger charge is 2.34. The monoisotopic (exact) mass is 352 g/mol. The molecule has 1 aromatic carbocycles. The fourth-order valence-corrected chi connectivity index (χ4v) is 2.04. The topological polar surface area (TPSA) is 50.4 Å². The van der Waals surface area contributed by atoms with Crippen LogP contribution in [0.25, 0.3) is 0 Å². The number of para-hydroxylation sites is 2. The van der Waals surface area contributed by atoms with E-state index in [1.165, 1.54) is 0 Å². The quantitative estimate of drug-likeness (QED) is 0.601. The van der Waals surface area contributed by atoms with E-state index in [1.807, 2.05) is 26.0 Å². The summed E-state index contributed by atoms with van der Waals surface area (Å²) in [5.41, 5.74) is 0.626. The number of methoxy groups -OCH3 is 1. The minimum absolute atomic E-state index is 0.191. The van der Waals surface area contributed by atoms with Crippen molar-refractivity contribution in [1.29, 1.82) is 0 Å². The summed E-state index contributed by atoms with van der Waals surface area (Å²) in [5.74, 6) is 0.617. The highest BCUT2D eigenvalue weighted by Crippen LogP contribution is 2.33. The van der Waals surface area contributed by atoms with Crippen LogP contribution >= 0.6 is 34.8 Å². The summed E-state index contributed by atoms with van der Waals surface area (Å²) in [7, 11) is 1.54. The van der Waals surface area contributed by atoms with Crippen LogP contribution in [0.5, 0.6) is 5.75 Å². The molecule has 1 unspecified atom stereocenters. The fraction of sp³-hybridized carbons (Fsp3) is 0.500. The zero-order valence-corrected chi connectivity index (χ0v) is 14.4. The van der Waals surface area contributed by atoms with E-state index in [9.17, 15) is 4.79 Å². The molecule has 0 aromatic heterocycles. The van der Waals surface area contributed by atoms with Crippen LogP contribution in [0.3, 0.4) is 0 Å². The second kappa shape index (κ2) is 7.97.